The van der Waals surface area contributed by atoms with E-state index in [0.717, 1.165) is 6.42 Å². The number of hydrogen-bond acceptors (Lipinski definition) is 4. The minimum Gasteiger partial charge on any atom is -0.491 e. The molecule has 1 aromatic carbocycles. The Kier molecular flexibility index (Phi) is 7.92. The fourth-order valence-corrected chi connectivity index (χ4v) is 2.03. The van der Waals surface area contributed by atoms with Gasteiger partial charge >= 0.3 is 0 Å². The molecule has 2 atom stereocenters. The highest BCUT2D eigenvalue weighted by atomic mass is 35.5. The number of halogens is 1. The number of nitrogens with one attached hydrogen (secondary N) is 1. The first-order valence-corrected chi connectivity index (χ1v) is 7.30. The molecule has 0 saturated carbocycles. The van der Waals surface area contributed by atoms with Crippen molar-refractivity contribution >= 4 is 11.6 Å². The highest BCUT2D eigenvalue weighted by molar-refractivity contribution is 6.30. The molecule has 20 heavy (non-hydrogen) atoms. The van der Waals surface area contributed by atoms with E-state index in [9.17, 15) is 10.2 Å². The Morgan fingerprint density at radius 3 is 2.55 bits per heavy atom. The summed E-state index contributed by atoms with van der Waals surface area (Å²) in [6, 6.07) is 7.06. The molecule has 1 aromatic rings. The molecule has 0 fully saturated rings. The minimum absolute atomic E-state index is 0.188. The lowest BCUT2D eigenvalue weighted by Crippen LogP contribution is -2.36. The second-order valence-electron chi connectivity index (χ2n) is 5.36. The third-order valence-electron chi connectivity index (χ3n) is 2.74. The van der Waals surface area contributed by atoms with Crippen molar-refractivity contribution in [3.8, 4) is 5.75 Å². The van der Waals surface area contributed by atoms with Crippen LogP contribution in [0.25, 0.3) is 0 Å². The van der Waals surface area contributed by atoms with Gasteiger partial charge in [-0.25, -0.2) is 0 Å². The van der Waals surface area contributed by atoms with Crippen molar-refractivity contribution in [3.63, 3.8) is 0 Å². The summed E-state index contributed by atoms with van der Waals surface area (Å²) in [7, 11) is 0. The van der Waals surface area contributed by atoms with E-state index in [1.807, 2.05) is 0 Å². The molecule has 0 spiro atoms. The normalized spacial score (nSPS) is 14.3. The van der Waals surface area contributed by atoms with E-state index < -0.39 is 6.10 Å². The maximum atomic E-state index is 9.77. The fraction of sp³-hybridized carbons (Fsp3) is 0.600. The van der Waals surface area contributed by atoms with Crippen molar-refractivity contribution in [2.75, 3.05) is 19.7 Å². The molecule has 4 nitrogen and oxygen atoms in total. The molecule has 5 heteroatoms. The Bertz CT molecular complexity index is 387. The molecule has 0 aliphatic rings. The molecular formula is C15H24ClNO3. The number of aliphatic hydroxyl groups is 2. The molecule has 0 bridgehead atoms. The summed E-state index contributed by atoms with van der Waals surface area (Å²) in [4.78, 5) is 0. The third kappa shape index (κ3) is 7.70. The van der Waals surface area contributed by atoms with E-state index in [4.69, 9.17) is 16.3 Å². The van der Waals surface area contributed by atoms with Crippen LogP contribution in [-0.4, -0.2) is 42.1 Å². The monoisotopic (exact) mass is 301 g/mol. The number of rotatable bonds is 9. The summed E-state index contributed by atoms with van der Waals surface area (Å²) in [5.41, 5.74) is 0. The fourth-order valence-electron chi connectivity index (χ4n) is 1.85. The van der Waals surface area contributed by atoms with Gasteiger partial charge in [-0.1, -0.05) is 31.5 Å². The second-order valence-corrected chi connectivity index (χ2v) is 5.80. The van der Waals surface area contributed by atoms with Gasteiger partial charge in [0.1, 0.15) is 18.5 Å². The minimum atomic E-state index is -0.625. The predicted octanol–water partition coefficient (Wildman–Crippen LogP) is 2.08. The lowest BCUT2D eigenvalue weighted by Gasteiger charge is -2.16. The quantitative estimate of drug-likeness (QED) is 0.653. The molecular weight excluding hydrogens is 278 g/mol. The van der Waals surface area contributed by atoms with Crippen molar-refractivity contribution in [2.24, 2.45) is 5.92 Å². The number of aliphatic hydroxyl groups excluding tert-OH is 2. The van der Waals surface area contributed by atoms with Crippen molar-refractivity contribution in [1.29, 1.82) is 0 Å². The lowest BCUT2D eigenvalue weighted by molar-refractivity contribution is 0.0966. The van der Waals surface area contributed by atoms with Gasteiger partial charge in [0.05, 0.1) is 6.10 Å². The summed E-state index contributed by atoms with van der Waals surface area (Å²) in [5.74, 6) is 1.10. The largest absolute Gasteiger partial charge is 0.491 e. The highest BCUT2D eigenvalue weighted by Crippen LogP contribution is 2.17. The van der Waals surface area contributed by atoms with Gasteiger partial charge in [0.2, 0.25) is 0 Å². The predicted molar refractivity (Wildman–Crippen MR) is 81.3 cm³/mol. The van der Waals surface area contributed by atoms with Crippen LogP contribution >= 0.6 is 11.6 Å². The van der Waals surface area contributed by atoms with E-state index in [-0.39, 0.29) is 12.7 Å². The van der Waals surface area contributed by atoms with E-state index in [1.165, 1.54) is 0 Å². The van der Waals surface area contributed by atoms with Gasteiger partial charge in [-0.2, -0.15) is 0 Å². The first-order chi connectivity index (χ1) is 9.47. The average molecular weight is 302 g/mol. The number of ether oxygens (including phenoxy) is 1. The molecule has 1 rings (SSSR count). The first kappa shape index (κ1) is 17.2. The van der Waals surface area contributed by atoms with Crippen LogP contribution in [0.15, 0.2) is 24.3 Å². The Balaban J connectivity index is 2.16. The van der Waals surface area contributed by atoms with Crippen molar-refractivity contribution in [3.05, 3.63) is 29.3 Å². The molecule has 0 aliphatic carbocycles. The second kappa shape index (κ2) is 9.19. The molecule has 0 saturated heterocycles. The van der Waals surface area contributed by atoms with Gasteiger partial charge in [0.25, 0.3) is 0 Å². The molecule has 0 radical (unpaired) electrons. The van der Waals surface area contributed by atoms with Crippen LogP contribution < -0.4 is 10.1 Å². The Labute approximate surface area is 125 Å². The maximum absolute atomic E-state index is 9.77. The summed E-state index contributed by atoms with van der Waals surface area (Å²) in [6.45, 7) is 5.18. The van der Waals surface area contributed by atoms with E-state index in [2.05, 4.69) is 19.2 Å². The Hall–Kier alpha value is -0.810. The van der Waals surface area contributed by atoms with Gasteiger partial charge in [-0.3, -0.25) is 0 Å². The summed E-state index contributed by atoms with van der Waals surface area (Å²) >= 11 is 5.84. The Morgan fingerprint density at radius 2 is 1.90 bits per heavy atom. The van der Waals surface area contributed by atoms with Crippen LogP contribution in [0.3, 0.4) is 0 Å². The molecule has 114 valence electrons. The summed E-state index contributed by atoms with van der Waals surface area (Å²) in [5, 5.41) is 23.1. The SMILES string of the molecule is CC(C)CC(O)CNCC(O)COc1cccc(Cl)c1. The van der Waals surface area contributed by atoms with E-state index >= 15 is 0 Å². The zero-order valence-corrected chi connectivity index (χ0v) is 12.8. The van der Waals surface area contributed by atoms with Crippen molar-refractivity contribution in [1.82, 2.24) is 5.32 Å². The standard InChI is InChI=1S/C15H24ClNO3/c1-11(2)6-13(18)8-17-9-14(19)10-20-15-5-3-4-12(16)7-15/h3-5,7,11,13-14,17-19H,6,8-10H2,1-2H3. The highest BCUT2D eigenvalue weighted by Gasteiger charge is 2.09. The molecule has 0 aromatic heterocycles. The van der Waals surface area contributed by atoms with Crippen molar-refractivity contribution in [2.45, 2.75) is 32.5 Å². The zero-order chi connectivity index (χ0) is 15.0. The van der Waals surface area contributed by atoms with Crippen LogP contribution in [0.1, 0.15) is 20.3 Å². The first-order valence-electron chi connectivity index (χ1n) is 6.92. The molecule has 3 N–H and O–H groups in total. The van der Waals surface area contributed by atoms with E-state index in [1.54, 1.807) is 24.3 Å². The van der Waals surface area contributed by atoms with Crippen molar-refractivity contribution < 1.29 is 14.9 Å². The van der Waals surface area contributed by atoms with Crippen LogP contribution in [0, 0.1) is 5.92 Å². The van der Waals surface area contributed by atoms with E-state index in [0.29, 0.717) is 29.8 Å². The van der Waals surface area contributed by atoms with Gasteiger partial charge in [0, 0.05) is 18.1 Å². The van der Waals surface area contributed by atoms with Gasteiger partial charge < -0.3 is 20.3 Å². The van der Waals surface area contributed by atoms with Crippen LogP contribution in [0.2, 0.25) is 5.02 Å². The summed E-state index contributed by atoms with van der Waals surface area (Å²) in [6.07, 6.45) is -0.251. The molecule has 0 amide bonds. The number of hydrogen-bond donors (Lipinski definition) is 3. The van der Waals surface area contributed by atoms with Crippen LogP contribution in [0.4, 0.5) is 0 Å². The topological polar surface area (TPSA) is 61.7 Å². The third-order valence-corrected chi connectivity index (χ3v) is 2.98. The van der Waals surface area contributed by atoms with Crippen LogP contribution in [0.5, 0.6) is 5.75 Å². The average Bonchev–Trinajstić information content (AvgIpc) is 2.35. The maximum Gasteiger partial charge on any atom is 0.120 e. The van der Waals surface area contributed by atoms with Gasteiger partial charge in [-0.05, 0) is 30.5 Å². The van der Waals surface area contributed by atoms with Gasteiger partial charge in [-0.15, -0.1) is 0 Å². The Morgan fingerprint density at radius 1 is 1.20 bits per heavy atom. The molecule has 0 heterocycles. The van der Waals surface area contributed by atoms with Gasteiger partial charge in [0.15, 0.2) is 0 Å². The number of benzene rings is 1. The van der Waals surface area contributed by atoms with Crippen LogP contribution in [-0.2, 0) is 0 Å². The summed E-state index contributed by atoms with van der Waals surface area (Å²) < 4.78 is 5.43. The molecule has 0 aliphatic heterocycles. The zero-order valence-electron chi connectivity index (χ0n) is 12.1. The molecule has 2 unspecified atom stereocenters. The lowest BCUT2D eigenvalue weighted by atomic mass is 10.1. The smallest absolute Gasteiger partial charge is 0.120 e.